The number of fused-ring (bicyclic) bond motifs is 1. The lowest BCUT2D eigenvalue weighted by Gasteiger charge is -2.49. The molecule has 12 atom stereocenters. The highest BCUT2D eigenvalue weighted by Gasteiger charge is 2.63. The Hall–Kier alpha value is -14.3. The Morgan fingerprint density at radius 1 is 0.333 bits per heavy atom. The van der Waals surface area contributed by atoms with Gasteiger partial charge in [-0.1, -0.05) is 176 Å². The third-order valence-corrected chi connectivity index (χ3v) is 23.3. The molecule has 0 radical (unpaired) electrons. The van der Waals surface area contributed by atoms with Crippen LogP contribution in [-0.2, 0) is 28.8 Å². The summed E-state index contributed by atoms with van der Waals surface area (Å²) in [4.78, 5) is 88.2. The van der Waals surface area contributed by atoms with Crippen LogP contribution in [0.1, 0.15) is 74.5 Å². The number of esters is 3. The van der Waals surface area contributed by atoms with Crippen LogP contribution in [0, 0.1) is 52.7 Å². The van der Waals surface area contributed by atoms with Crippen molar-refractivity contribution in [2.45, 2.75) is 35.5 Å². The lowest BCUT2D eigenvalue weighted by atomic mass is 9.52. The second-order valence-corrected chi connectivity index (χ2v) is 29.3. The number of methoxy groups -OCH3 is 4. The minimum absolute atomic E-state index is 0.00927. The van der Waals surface area contributed by atoms with Gasteiger partial charge < -0.3 is 58.0 Å². The molecule has 0 spiro atoms. The summed E-state index contributed by atoms with van der Waals surface area (Å²) in [5.41, 5.74) is 7.95. The molecule has 0 saturated heterocycles. The number of aliphatic carboxylic acids is 3. The molecule has 3 aliphatic carbocycles. The van der Waals surface area contributed by atoms with Crippen molar-refractivity contribution in [2.75, 3.05) is 41.7 Å². The third-order valence-electron chi connectivity index (χ3n) is 23.3. The highest BCUT2D eigenvalue weighted by molar-refractivity contribution is 5.92. The van der Waals surface area contributed by atoms with Gasteiger partial charge in [0.2, 0.25) is 0 Å². The van der Waals surface area contributed by atoms with E-state index in [2.05, 4.69) is 6.07 Å². The van der Waals surface area contributed by atoms with E-state index in [1.54, 1.807) is 218 Å². The van der Waals surface area contributed by atoms with Crippen LogP contribution in [0.4, 0.5) is 4.39 Å². The first-order valence-electron chi connectivity index (χ1n) is 38.1. The summed E-state index contributed by atoms with van der Waals surface area (Å²) < 4.78 is 69.7. The number of nitrogens with zero attached hydrogens (tertiary/aromatic N) is 1. The smallest absolute Gasteiger partial charge is 0.315 e. The Morgan fingerprint density at radius 2 is 0.744 bits per heavy atom. The predicted octanol–water partition coefficient (Wildman–Crippen LogP) is 18.2. The summed E-state index contributed by atoms with van der Waals surface area (Å²) >= 11 is 0. The van der Waals surface area contributed by atoms with Crippen LogP contribution in [0.25, 0.3) is 55.6 Å². The van der Waals surface area contributed by atoms with Crippen LogP contribution in [0.2, 0.25) is 0 Å². The molecule has 0 bridgehead atoms. The quantitative estimate of drug-likeness (QED) is 0.0375. The van der Waals surface area contributed by atoms with Gasteiger partial charge in [0.25, 0.3) is 0 Å². The van der Waals surface area contributed by atoms with E-state index in [1.807, 2.05) is 42.5 Å². The van der Waals surface area contributed by atoms with E-state index in [4.69, 9.17) is 42.6 Å². The maximum Gasteiger partial charge on any atom is 0.315 e. The number of carbonyl (C=O) groups excluding carboxylic acids is 3. The fourth-order valence-corrected chi connectivity index (χ4v) is 18.0. The van der Waals surface area contributed by atoms with Gasteiger partial charge in [-0.25, -0.2) is 4.39 Å². The van der Waals surface area contributed by atoms with Crippen LogP contribution < -0.4 is 42.6 Å². The van der Waals surface area contributed by atoms with E-state index >= 15 is 14.4 Å². The molecule has 20 heteroatoms. The number of hydrogen-bond acceptors (Lipinski definition) is 16. The van der Waals surface area contributed by atoms with E-state index in [1.165, 1.54) is 40.6 Å². The molecule has 117 heavy (non-hydrogen) atoms. The number of hydrogen-bond donors (Lipinski definition) is 3. The number of para-hydroxylation sites is 2. The van der Waals surface area contributed by atoms with Crippen molar-refractivity contribution in [1.29, 1.82) is 5.26 Å². The van der Waals surface area contributed by atoms with Crippen LogP contribution in [0.15, 0.2) is 273 Å². The highest BCUT2D eigenvalue weighted by Crippen LogP contribution is 2.64. The molecule has 584 valence electrons. The number of carbonyl (C=O) groups is 6. The Labute approximate surface area is 672 Å². The van der Waals surface area contributed by atoms with Gasteiger partial charge in [-0.05, 0) is 181 Å². The minimum atomic E-state index is -1.33. The first-order valence-corrected chi connectivity index (χ1v) is 38.1. The number of ether oxygens (including phenoxy) is 9. The SMILES string of the molecule is COc1ccccc1C1C(C(=O)O)[C@H](c2ccc(-c3cc(-c4ccccc4)cc(OC(=O)C4C(c5ccccc5)C(C(=O)O)[C@@H]4c4ccccc4)c3C#N)cc2OC)C1C(=O)Oc1cc(-c2ccc3c(c2)OCCO3)cc(-c2ccc(OC)c([C@H]3C(C(=O)O)C(c4ccccc4OC)[C@H]3C(=O)Oc3cccc(-c4ccc(F)cc4)c3)c2)c1. The van der Waals surface area contributed by atoms with Gasteiger partial charge in [0.1, 0.15) is 70.9 Å². The summed E-state index contributed by atoms with van der Waals surface area (Å²) in [7, 11) is 5.75. The maximum absolute atomic E-state index is 16.1. The highest BCUT2D eigenvalue weighted by atomic mass is 19.1. The average molecular weight is 1560 g/mol. The van der Waals surface area contributed by atoms with Crippen LogP contribution in [0.5, 0.6) is 51.7 Å². The van der Waals surface area contributed by atoms with Crippen molar-refractivity contribution in [1.82, 2.24) is 0 Å². The molecule has 1 aliphatic heterocycles. The van der Waals surface area contributed by atoms with E-state index in [0.29, 0.717) is 119 Å². The Morgan fingerprint density at radius 3 is 1.31 bits per heavy atom. The molecular weight excluding hydrogens is 1490 g/mol. The summed E-state index contributed by atoms with van der Waals surface area (Å²) in [5.74, 6) is -17.3. The summed E-state index contributed by atoms with van der Waals surface area (Å²) in [6.45, 7) is 0.595. The fraction of sp³-hybridized carbons (Fsp3) is 0.186. The number of rotatable bonds is 24. The Kier molecular flexibility index (Phi) is 21.4. The molecule has 1 heterocycles. The lowest BCUT2D eigenvalue weighted by molar-refractivity contribution is -0.160. The lowest BCUT2D eigenvalue weighted by Crippen LogP contribution is -2.52. The van der Waals surface area contributed by atoms with Crippen molar-refractivity contribution >= 4 is 35.8 Å². The molecule has 16 rings (SSSR count). The van der Waals surface area contributed by atoms with Gasteiger partial charge >= 0.3 is 35.8 Å². The number of halogens is 1. The number of carboxylic acids is 3. The standard InChI is InChI=1S/C97H76FNO18/c1-109-73-29-16-14-27-67(73)82-87(93(102)103)84(69-38-33-60(50-77(69)112-4)70-48-63(53-19-8-5-9-20-53)51-78(72(70)52-99)117-97(108)89-80(55-21-10-6-11-22-55)86(92(100)101)81(89)56-23-12-7-13-24-56)90(82)96(107)116-66-45-61(43-62(46-66)59-35-40-76-79(49-59)114-42-41-113-76)58-34-39-75(111-3)71(47-58)85-88(94(104)105)83(68-28-15-17-30-74(68)110-2)91(85)95(106)115-65-26-18-25-57(44-65)54-31-36-64(98)37-32-54/h5-40,43-51,80-91H,41-42H2,1-4H3,(H,100,101)(H,102,103)(H,104,105)/t80-,81?,82?,83?,84-,85-,86?,87?,88?,89?,90?,91+/m0/s1. The van der Waals surface area contributed by atoms with Crippen LogP contribution >= 0.6 is 0 Å². The predicted molar refractivity (Wildman–Crippen MR) is 431 cm³/mol. The number of carboxylic acid groups (broad SMARTS) is 3. The summed E-state index contributed by atoms with van der Waals surface area (Å²) in [6, 6.07) is 79.8. The molecule has 19 nitrogen and oxygen atoms in total. The third kappa shape index (κ3) is 14.5. The second kappa shape index (κ2) is 32.6. The van der Waals surface area contributed by atoms with E-state index in [-0.39, 0.29) is 40.9 Å². The monoisotopic (exact) mass is 1560 g/mol. The molecule has 4 aliphatic rings. The van der Waals surface area contributed by atoms with Crippen molar-refractivity contribution in [2.24, 2.45) is 35.5 Å². The number of nitriles is 1. The summed E-state index contributed by atoms with van der Waals surface area (Å²) in [6.07, 6.45) is 0. The van der Waals surface area contributed by atoms with Gasteiger partial charge in [0, 0.05) is 41.1 Å². The topological polar surface area (TPSA) is 270 Å². The zero-order valence-electron chi connectivity index (χ0n) is 63.6. The average Bonchev–Trinajstić information content (AvgIpc) is 0.702. The van der Waals surface area contributed by atoms with Crippen molar-refractivity contribution in [3.63, 3.8) is 0 Å². The molecule has 12 aromatic carbocycles. The molecule has 0 amide bonds. The Balaban J connectivity index is 0.788. The zero-order chi connectivity index (χ0) is 81.3. The Bertz CT molecular complexity index is 5840. The van der Waals surface area contributed by atoms with Gasteiger partial charge in [-0.3, -0.25) is 28.8 Å². The summed E-state index contributed by atoms with van der Waals surface area (Å²) in [5, 5.41) is 45.3. The minimum Gasteiger partial charge on any atom is -0.496 e. The molecule has 3 saturated carbocycles. The van der Waals surface area contributed by atoms with Gasteiger partial charge in [0.15, 0.2) is 11.5 Å². The van der Waals surface area contributed by atoms with Crippen LogP contribution in [-0.4, -0.2) is 92.8 Å². The molecule has 3 N–H and O–H groups in total. The number of benzene rings is 12. The van der Waals surface area contributed by atoms with E-state index in [9.17, 15) is 39.4 Å². The van der Waals surface area contributed by atoms with Crippen molar-refractivity contribution in [3.8, 4) is 113 Å². The van der Waals surface area contributed by atoms with Crippen LogP contribution in [0.3, 0.4) is 0 Å². The largest absolute Gasteiger partial charge is 0.496 e. The molecule has 3 fully saturated rings. The normalized spacial score (nSPS) is 20.7. The molecule has 0 aromatic heterocycles. The van der Waals surface area contributed by atoms with E-state index < -0.39 is 113 Å². The molecule has 12 aromatic rings. The van der Waals surface area contributed by atoms with Crippen molar-refractivity contribution in [3.05, 3.63) is 318 Å². The van der Waals surface area contributed by atoms with E-state index in [0.717, 1.165) is 0 Å². The maximum atomic E-state index is 16.1. The molecule has 8 unspecified atom stereocenters. The second-order valence-electron chi connectivity index (χ2n) is 29.3. The first-order chi connectivity index (χ1) is 56.9. The van der Waals surface area contributed by atoms with Gasteiger partial charge in [-0.15, -0.1) is 0 Å². The van der Waals surface area contributed by atoms with Crippen molar-refractivity contribution < 1.29 is 91.1 Å². The zero-order valence-corrected chi connectivity index (χ0v) is 63.6. The van der Waals surface area contributed by atoms with Gasteiger partial charge in [-0.2, -0.15) is 5.26 Å². The molecular formula is C97H76FNO18. The fourth-order valence-electron chi connectivity index (χ4n) is 18.0. The van der Waals surface area contributed by atoms with Gasteiger partial charge in [0.05, 0.1) is 63.9 Å². The first kappa shape index (κ1) is 76.7.